The lowest BCUT2D eigenvalue weighted by atomic mass is 10.1. The van der Waals surface area contributed by atoms with Gasteiger partial charge in [-0.2, -0.15) is 0 Å². The van der Waals surface area contributed by atoms with Crippen LogP contribution in [0.1, 0.15) is 23.1 Å². The van der Waals surface area contributed by atoms with Crippen LogP contribution in [0, 0.1) is 0 Å². The minimum Gasteiger partial charge on any atom is -0.489 e. The first-order chi connectivity index (χ1) is 9.36. The summed E-state index contributed by atoms with van der Waals surface area (Å²) in [6.45, 7) is 0.544. The van der Waals surface area contributed by atoms with Gasteiger partial charge in [-0.1, -0.05) is 12.1 Å². The van der Waals surface area contributed by atoms with Gasteiger partial charge in [0.15, 0.2) is 0 Å². The summed E-state index contributed by atoms with van der Waals surface area (Å²) >= 11 is 0. The number of anilines is 1. The molecule has 0 atom stereocenters. The summed E-state index contributed by atoms with van der Waals surface area (Å²) < 4.78 is 5.88. The highest BCUT2D eigenvalue weighted by Gasteiger charge is 2.11. The van der Waals surface area contributed by atoms with Crippen LogP contribution in [0.2, 0.25) is 0 Å². The minimum atomic E-state index is 0.544. The number of ether oxygens (including phenoxy) is 1. The van der Waals surface area contributed by atoms with Crippen LogP contribution in [0.25, 0.3) is 0 Å². The lowest BCUT2D eigenvalue weighted by molar-refractivity contribution is 0.306. The van der Waals surface area contributed by atoms with E-state index in [1.54, 1.807) is 6.20 Å². The Balaban J connectivity index is 1.72. The standard InChI is InChI=1S/C16H18N2O/c1-17-16-14(6-3-9-18-16)11-19-15-8-7-12-4-2-5-13(12)10-15/h3,6-10H,2,4-5,11H2,1H3,(H,17,18). The number of hydrogen-bond donors (Lipinski definition) is 1. The van der Waals surface area contributed by atoms with Gasteiger partial charge in [0.2, 0.25) is 0 Å². The second kappa shape index (κ2) is 5.31. The number of rotatable bonds is 4. The van der Waals surface area contributed by atoms with E-state index in [0.29, 0.717) is 6.61 Å². The second-order valence-corrected chi connectivity index (χ2v) is 4.83. The third-order valence-corrected chi connectivity index (χ3v) is 3.59. The van der Waals surface area contributed by atoms with E-state index >= 15 is 0 Å². The van der Waals surface area contributed by atoms with Gasteiger partial charge in [-0.25, -0.2) is 4.98 Å². The lowest BCUT2D eigenvalue weighted by Gasteiger charge is -2.10. The van der Waals surface area contributed by atoms with Crippen molar-refractivity contribution in [2.75, 3.05) is 12.4 Å². The first-order valence-electron chi connectivity index (χ1n) is 6.73. The molecule has 0 radical (unpaired) electrons. The normalized spacial score (nSPS) is 13.1. The number of benzene rings is 1. The van der Waals surface area contributed by atoms with Crippen molar-refractivity contribution in [2.24, 2.45) is 0 Å². The molecule has 1 aliphatic rings. The number of aromatic nitrogens is 1. The molecule has 2 aromatic rings. The Bertz CT molecular complexity index is 581. The van der Waals surface area contributed by atoms with E-state index in [0.717, 1.165) is 17.1 Å². The number of nitrogens with one attached hydrogen (secondary N) is 1. The van der Waals surface area contributed by atoms with Crippen LogP contribution in [-0.4, -0.2) is 12.0 Å². The monoisotopic (exact) mass is 254 g/mol. The van der Waals surface area contributed by atoms with Gasteiger partial charge in [0.05, 0.1) is 0 Å². The molecule has 0 bridgehead atoms. The van der Waals surface area contributed by atoms with Crippen molar-refractivity contribution in [3.8, 4) is 5.75 Å². The molecule has 1 N–H and O–H groups in total. The number of aryl methyl sites for hydroxylation is 2. The second-order valence-electron chi connectivity index (χ2n) is 4.83. The number of fused-ring (bicyclic) bond motifs is 1. The zero-order chi connectivity index (χ0) is 13.1. The average molecular weight is 254 g/mol. The molecule has 0 fully saturated rings. The largest absolute Gasteiger partial charge is 0.489 e. The van der Waals surface area contributed by atoms with Crippen molar-refractivity contribution in [2.45, 2.75) is 25.9 Å². The Labute approximate surface area is 113 Å². The molecular formula is C16H18N2O. The van der Waals surface area contributed by atoms with Crippen molar-refractivity contribution in [1.29, 1.82) is 0 Å². The Morgan fingerprint density at radius 3 is 3.00 bits per heavy atom. The van der Waals surface area contributed by atoms with Gasteiger partial charge in [-0.15, -0.1) is 0 Å². The average Bonchev–Trinajstić information content (AvgIpc) is 2.93. The fraction of sp³-hybridized carbons (Fsp3) is 0.312. The molecule has 3 rings (SSSR count). The van der Waals surface area contributed by atoms with Crippen LogP contribution in [0.15, 0.2) is 36.5 Å². The maximum absolute atomic E-state index is 5.88. The summed E-state index contributed by atoms with van der Waals surface area (Å²) in [4.78, 5) is 4.28. The third-order valence-electron chi connectivity index (χ3n) is 3.59. The Morgan fingerprint density at radius 2 is 2.11 bits per heavy atom. The predicted molar refractivity (Wildman–Crippen MR) is 76.6 cm³/mol. The Hall–Kier alpha value is -2.03. The lowest BCUT2D eigenvalue weighted by Crippen LogP contribution is -2.02. The highest BCUT2D eigenvalue weighted by atomic mass is 16.5. The van der Waals surface area contributed by atoms with Gasteiger partial charge in [0.1, 0.15) is 18.2 Å². The maximum atomic E-state index is 5.88. The molecule has 98 valence electrons. The molecule has 3 heteroatoms. The molecule has 0 saturated carbocycles. The van der Waals surface area contributed by atoms with Gasteiger partial charge in [0.25, 0.3) is 0 Å². The van der Waals surface area contributed by atoms with Gasteiger partial charge in [-0.3, -0.25) is 0 Å². The molecule has 0 aliphatic heterocycles. The molecule has 1 aliphatic carbocycles. The van der Waals surface area contributed by atoms with E-state index < -0.39 is 0 Å². The van der Waals surface area contributed by atoms with E-state index in [4.69, 9.17) is 4.74 Å². The topological polar surface area (TPSA) is 34.2 Å². The molecule has 19 heavy (non-hydrogen) atoms. The number of pyridine rings is 1. The third kappa shape index (κ3) is 2.55. The van der Waals surface area contributed by atoms with E-state index in [-0.39, 0.29) is 0 Å². The summed E-state index contributed by atoms with van der Waals surface area (Å²) in [6.07, 6.45) is 5.44. The SMILES string of the molecule is CNc1ncccc1COc1ccc2c(c1)CCC2. The van der Waals surface area contributed by atoms with Crippen molar-refractivity contribution in [3.05, 3.63) is 53.2 Å². The highest BCUT2D eigenvalue weighted by Crippen LogP contribution is 2.26. The van der Waals surface area contributed by atoms with Gasteiger partial charge in [0, 0.05) is 18.8 Å². The summed E-state index contributed by atoms with van der Waals surface area (Å²) in [6, 6.07) is 10.4. The van der Waals surface area contributed by atoms with Crippen molar-refractivity contribution >= 4 is 5.82 Å². The Morgan fingerprint density at radius 1 is 1.21 bits per heavy atom. The molecule has 3 nitrogen and oxygen atoms in total. The van der Waals surface area contributed by atoms with Gasteiger partial charge < -0.3 is 10.1 Å². The molecule has 0 amide bonds. The van der Waals surface area contributed by atoms with Crippen LogP contribution in [-0.2, 0) is 19.4 Å². The van der Waals surface area contributed by atoms with Crippen LogP contribution in [0.5, 0.6) is 5.75 Å². The highest BCUT2D eigenvalue weighted by molar-refractivity contribution is 5.43. The van der Waals surface area contributed by atoms with Crippen LogP contribution in [0.4, 0.5) is 5.82 Å². The van der Waals surface area contributed by atoms with E-state index in [1.807, 2.05) is 19.2 Å². The van der Waals surface area contributed by atoms with Crippen molar-refractivity contribution in [1.82, 2.24) is 4.98 Å². The summed E-state index contributed by atoms with van der Waals surface area (Å²) in [7, 11) is 1.88. The fourth-order valence-corrected chi connectivity index (χ4v) is 2.58. The zero-order valence-electron chi connectivity index (χ0n) is 11.1. The smallest absolute Gasteiger partial charge is 0.132 e. The van der Waals surface area contributed by atoms with E-state index in [1.165, 1.54) is 30.4 Å². The maximum Gasteiger partial charge on any atom is 0.132 e. The summed E-state index contributed by atoms with van der Waals surface area (Å²) in [5.41, 5.74) is 3.99. The zero-order valence-corrected chi connectivity index (χ0v) is 11.1. The quantitative estimate of drug-likeness (QED) is 0.909. The van der Waals surface area contributed by atoms with Crippen LogP contribution >= 0.6 is 0 Å². The molecule has 1 aromatic carbocycles. The molecular weight excluding hydrogens is 236 g/mol. The first-order valence-corrected chi connectivity index (χ1v) is 6.73. The van der Waals surface area contributed by atoms with Crippen LogP contribution < -0.4 is 10.1 Å². The minimum absolute atomic E-state index is 0.544. The molecule has 1 heterocycles. The molecule has 1 aromatic heterocycles. The number of hydrogen-bond acceptors (Lipinski definition) is 3. The Kier molecular flexibility index (Phi) is 3.36. The summed E-state index contributed by atoms with van der Waals surface area (Å²) in [5.74, 6) is 1.83. The summed E-state index contributed by atoms with van der Waals surface area (Å²) in [5, 5.41) is 3.08. The van der Waals surface area contributed by atoms with E-state index in [2.05, 4.69) is 28.5 Å². The van der Waals surface area contributed by atoms with Gasteiger partial charge >= 0.3 is 0 Å². The predicted octanol–water partition coefficient (Wildman–Crippen LogP) is 3.19. The van der Waals surface area contributed by atoms with Gasteiger partial charge in [-0.05, 0) is 48.6 Å². The van der Waals surface area contributed by atoms with Crippen molar-refractivity contribution < 1.29 is 4.74 Å². The first kappa shape index (κ1) is 12.0. The van der Waals surface area contributed by atoms with E-state index in [9.17, 15) is 0 Å². The fourth-order valence-electron chi connectivity index (χ4n) is 2.58. The molecule has 0 spiro atoms. The van der Waals surface area contributed by atoms with Crippen molar-refractivity contribution in [3.63, 3.8) is 0 Å². The van der Waals surface area contributed by atoms with Crippen LogP contribution in [0.3, 0.4) is 0 Å². The molecule has 0 saturated heterocycles. The number of nitrogens with zero attached hydrogens (tertiary/aromatic N) is 1. The molecule has 0 unspecified atom stereocenters.